The molecule has 0 aromatic carbocycles. The Morgan fingerprint density at radius 2 is 0.466 bits per heavy atom. The fraction of sp³-hybridized carbons (Fsp3) is 0.942. The summed E-state index contributed by atoms with van der Waals surface area (Å²) in [5, 5.41) is 0. The summed E-state index contributed by atoms with van der Waals surface area (Å²) in [7, 11) is 0. The summed E-state index contributed by atoms with van der Waals surface area (Å²) in [6.07, 6.45) is 50.9. The Balaban J connectivity index is 4.20. The summed E-state index contributed by atoms with van der Waals surface area (Å²) in [5.74, 6) is -0.845. The van der Waals surface area contributed by atoms with Crippen molar-refractivity contribution in [2.24, 2.45) is 0 Å². The standard InChI is InChI=1S/C52H100O6/c1-4-7-10-13-16-19-22-23-24-25-26-27-28-29-31-34-36-39-42-45-51(54)57-48-49(58-52(55)46-43-40-37-32-21-18-15-12-9-6-3)47-56-50(53)44-41-38-35-33-30-20-17-14-11-8-5-2/h49H,4-48H2,1-3H3/t49-/m1/s1. The first-order chi connectivity index (χ1) is 28.5. The molecule has 0 unspecified atom stereocenters. The molecule has 6 nitrogen and oxygen atoms in total. The van der Waals surface area contributed by atoms with E-state index < -0.39 is 6.10 Å². The third-order valence-corrected chi connectivity index (χ3v) is 11.9. The number of hydrogen-bond donors (Lipinski definition) is 0. The molecule has 0 fully saturated rings. The lowest BCUT2D eigenvalue weighted by Gasteiger charge is -2.18. The molecule has 0 saturated carbocycles. The number of rotatable bonds is 48. The van der Waals surface area contributed by atoms with Crippen molar-refractivity contribution in [1.82, 2.24) is 0 Å². The Morgan fingerprint density at radius 1 is 0.276 bits per heavy atom. The van der Waals surface area contributed by atoms with E-state index in [0.29, 0.717) is 19.3 Å². The second-order valence-corrected chi connectivity index (χ2v) is 17.8. The molecule has 0 aromatic heterocycles. The zero-order valence-corrected chi connectivity index (χ0v) is 39.3. The largest absolute Gasteiger partial charge is 0.462 e. The van der Waals surface area contributed by atoms with Crippen molar-refractivity contribution < 1.29 is 28.6 Å². The molecule has 0 aliphatic rings. The van der Waals surface area contributed by atoms with Gasteiger partial charge in [0.15, 0.2) is 6.10 Å². The zero-order chi connectivity index (χ0) is 42.3. The monoisotopic (exact) mass is 821 g/mol. The van der Waals surface area contributed by atoms with Crippen molar-refractivity contribution in [3.05, 3.63) is 0 Å². The molecule has 58 heavy (non-hydrogen) atoms. The summed E-state index contributed by atoms with van der Waals surface area (Å²) in [4.78, 5) is 37.8. The molecule has 6 heteroatoms. The Labute approximate surface area is 361 Å². The summed E-state index contributed by atoms with van der Waals surface area (Å²) in [6.45, 7) is 6.66. The van der Waals surface area contributed by atoms with E-state index in [0.717, 1.165) is 57.8 Å². The smallest absolute Gasteiger partial charge is 0.306 e. The first-order valence-electron chi connectivity index (χ1n) is 26.0. The van der Waals surface area contributed by atoms with Gasteiger partial charge in [-0.15, -0.1) is 0 Å². The van der Waals surface area contributed by atoms with Crippen molar-refractivity contribution in [2.75, 3.05) is 13.2 Å². The van der Waals surface area contributed by atoms with Gasteiger partial charge in [0.25, 0.3) is 0 Å². The summed E-state index contributed by atoms with van der Waals surface area (Å²) in [6, 6.07) is 0. The van der Waals surface area contributed by atoms with E-state index in [-0.39, 0.29) is 31.1 Å². The Morgan fingerprint density at radius 3 is 0.690 bits per heavy atom. The lowest BCUT2D eigenvalue weighted by molar-refractivity contribution is -0.167. The van der Waals surface area contributed by atoms with Gasteiger partial charge in [0, 0.05) is 19.3 Å². The van der Waals surface area contributed by atoms with Gasteiger partial charge in [-0.1, -0.05) is 258 Å². The molecule has 0 amide bonds. The SMILES string of the molecule is CCCCCCCCCCCCCCCCCCCCCC(=O)OC[C@@H](COC(=O)CCCCCCCCCCCCC)OC(=O)CCCCCCCCCCCC. The topological polar surface area (TPSA) is 78.9 Å². The molecule has 344 valence electrons. The molecule has 0 spiro atoms. The normalized spacial score (nSPS) is 11.8. The lowest BCUT2D eigenvalue weighted by atomic mass is 10.0. The van der Waals surface area contributed by atoms with Crippen LogP contribution in [-0.2, 0) is 28.6 Å². The van der Waals surface area contributed by atoms with Crippen LogP contribution in [0.25, 0.3) is 0 Å². The van der Waals surface area contributed by atoms with Gasteiger partial charge in [-0.3, -0.25) is 14.4 Å². The molecule has 0 saturated heterocycles. The number of carbonyl (C=O) groups is 3. The third kappa shape index (κ3) is 45.5. The fourth-order valence-electron chi connectivity index (χ4n) is 7.92. The van der Waals surface area contributed by atoms with Gasteiger partial charge < -0.3 is 14.2 Å². The fourth-order valence-corrected chi connectivity index (χ4v) is 7.92. The summed E-state index contributed by atoms with van der Waals surface area (Å²) >= 11 is 0. The van der Waals surface area contributed by atoms with Crippen LogP contribution in [0.3, 0.4) is 0 Å². The summed E-state index contributed by atoms with van der Waals surface area (Å²) in [5.41, 5.74) is 0. The van der Waals surface area contributed by atoms with E-state index in [1.54, 1.807) is 0 Å². The van der Waals surface area contributed by atoms with Crippen molar-refractivity contribution in [3.8, 4) is 0 Å². The Kier molecular flexibility index (Phi) is 46.8. The molecule has 0 aromatic rings. The van der Waals surface area contributed by atoms with Gasteiger partial charge in [0.05, 0.1) is 0 Å². The maximum absolute atomic E-state index is 12.7. The van der Waals surface area contributed by atoms with Crippen LogP contribution < -0.4 is 0 Å². The second kappa shape index (κ2) is 48.1. The maximum Gasteiger partial charge on any atom is 0.306 e. The zero-order valence-electron chi connectivity index (χ0n) is 39.3. The van der Waals surface area contributed by atoms with Crippen molar-refractivity contribution in [3.63, 3.8) is 0 Å². The first kappa shape index (κ1) is 56.4. The van der Waals surface area contributed by atoms with Gasteiger partial charge >= 0.3 is 17.9 Å². The highest BCUT2D eigenvalue weighted by atomic mass is 16.6. The molecule has 0 rings (SSSR count). The number of hydrogen-bond acceptors (Lipinski definition) is 6. The van der Waals surface area contributed by atoms with Gasteiger partial charge in [-0.2, -0.15) is 0 Å². The average Bonchev–Trinajstić information content (AvgIpc) is 3.22. The number of ether oxygens (including phenoxy) is 3. The number of unbranched alkanes of at least 4 members (excludes halogenated alkanes) is 37. The van der Waals surface area contributed by atoms with Crippen molar-refractivity contribution in [2.45, 2.75) is 303 Å². The third-order valence-electron chi connectivity index (χ3n) is 11.9. The van der Waals surface area contributed by atoms with Crippen LogP contribution in [0.5, 0.6) is 0 Å². The lowest BCUT2D eigenvalue weighted by Crippen LogP contribution is -2.30. The molecule has 1 atom stereocenters. The molecular weight excluding hydrogens is 721 g/mol. The van der Waals surface area contributed by atoms with Crippen LogP contribution in [0.4, 0.5) is 0 Å². The van der Waals surface area contributed by atoms with Crippen LogP contribution in [0.1, 0.15) is 297 Å². The highest BCUT2D eigenvalue weighted by Gasteiger charge is 2.19. The predicted molar refractivity (Wildman–Crippen MR) is 247 cm³/mol. The summed E-state index contributed by atoms with van der Waals surface area (Å²) < 4.78 is 16.8. The number of carbonyl (C=O) groups excluding carboxylic acids is 3. The van der Waals surface area contributed by atoms with E-state index in [9.17, 15) is 14.4 Å². The molecule has 0 aliphatic carbocycles. The van der Waals surface area contributed by atoms with Crippen LogP contribution in [-0.4, -0.2) is 37.2 Å². The van der Waals surface area contributed by atoms with Gasteiger partial charge in [-0.25, -0.2) is 0 Å². The quantitative estimate of drug-likeness (QED) is 0.0346. The average molecular weight is 821 g/mol. The Hall–Kier alpha value is -1.59. The molecule has 0 bridgehead atoms. The minimum absolute atomic E-state index is 0.0620. The van der Waals surface area contributed by atoms with E-state index in [1.807, 2.05) is 0 Å². The molecule has 0 heterocycles. The van der Waals surface area contributed by atoms with Gasteiger partial charge in [-0.05, 0) is 19.3 Å². The highest BCUT2D eigenvalue weighted by molar-refractivity contribution is 5.71. The maximum atomic E-state index is 12.7. The number of esters is 3. The molecule has 0 radical (unpaired) electrons. The first-order valence-corrected chi connectivity index (χ1v) is 26.0. The molecule has 0 aliphatic heterocycles. The highest BCUT2D eigenvalue weighted by Crippen LogP contribution is 2.17. The van der Waals surface area contributed by atoms with Crippen LogP contribution in [0, 0.1) is 0 Å². The second-order valence-electron chi connectivity index (χ2n) is 17.8. The van der Waals surface area contributed by atoms with Gasteiger partial charge in [0.2, 0.25) is 0 Å². The van der Waals surface area contributed by atoms with E-state index >= 15 is 0 Å². The van der Waals surface area contributed by atoms with Crippen LogP contribution in [0.15, 0.2) is 0 Å². The molecular formula is C52H100O6. The van der Waals surface area contributed by atoms with Crippen molar-refractivity contribution >= 4 is 17.9 Å². The minimum Gasteiger partial charge on any atom is -0.462 e. The van der Waals surface area contributed by atoms with E-state index in [4.69, 9.17) is 14.2 Å². The minimum atomic E-state index is -0.758. The van der Waals surface area contributed by atoms with Gasteiger partial charge in [0.1, 0.15) is 13.2 Å². The van der Waals surface area contributed by atoms with Crippen LogP contribution in [0.2, 0.25) is 0 Å². The van der Waals surface area contributed by atoms with E-state index in [2.05, 4.69) is 20.8 Å². The predicted octanol–water partition coefficient (Wildman–Crippen LogP) is 16.8. The van der Waals surface area contributed by atoms with E-state index in [1.165, 1.54) is 199 Å². The van der Waals surface area contributed by atoms with Crippen molar-refractivity contribution in [1.29, 1.82) is 0 Å². The Bertz CT molecular complexity index is 859. The van der Waals surface area contributed by atoms with Crippen LogP contribution >= 0.6 is 0 Å². The molecule has 0 N–H and O–H groups in total.